The lowest BCUT2D eigenvalue weighted by atomic mass is 9.98. The van der Waals surface area contributed by atoms with Crippen LogP contribution in [0.3, 0.4) is 0 Å². The minimum Gasteiger partial charge on any atom is -0.343 e. The SMILES string of the molecule is CCC1c2ccsc2CCN1C(=O)CNC(=O)c1ccc(Cl)c(Cl)c1. The number of thiophene rings is 1. The summed E-state index contributed by atoms with van der Waals surface area (Å²) in [5.74, 6) is -0.412. The Hall–Kier alpha value is -1.56. The molecule has 1 aliphatic rings. The van der Waals surface area contributed by atoms with Crippen LogP contribution in [0.5, 0.6) is 0 Å². The van der Waals surface area contributed by atoms with Gasteiger partial charge < -0.3 is 10.2 Å². The van der Waals surface area contributed by atoms with Crippen molar-refractivity contribution in [3.8, 4) is 0 Å². The van der Waals surface area contributed by atoms with Gasteiger partial charge in [-0.3, -0.25) is 9.59 Å². The van der Waals surface area contributed by atoms with Gasteiger partial charge in [-0.05, 0) is 48.1 Å². The van der Waals surface area contributed by atoms with E-state index in [1.54, 1.807) is 23.5 Å². The van der Waals surface area contributed by atoms with Crippen LogP contribution in [0.25, 0.3) is 0 Å². The van der Waals surface area contributed by atoms with E-state index in [-0.39, 0.29) is 24.4 Å². The molecule has 1 atom stereocenters. The lowest BCUT2D eigenvalue weighted by molar-refractivity contribution is -0.133. The number of hydrogen-bond donors (Lipinski definition) is 1. The van der Waals surface area contributed by atoms with Gasteiger partial charge >= 0.3 is 0 Å². The van der Waals surface area contributed by atoms with Crippen molar-refractivity contribution in [2.75, 3.05) is 13.1 Å². The van der Waals surface area contributed by atoms with Gasteiger partial charge in [0.25, 0.3) is 5.91 Å². The van der Waals surface area contributed by atoms with Crippen molar-refractivity contribution in [2.45, 2.75) is 25.8 Å². The molecule has 2 heterocycles. The molecule has 1 aromatic carbocycles. The molecule has 1 aromatic heterocycles. The monoisotopic (exact) mass is 396 g/mol. The van der Waals surface area contributed by atoms with Crippen molar-refractivity contribution in [3.05, 3.63) is 55.7 Å². The Morgan fingerprint density at radius 1 is 1.28 bits per heavy atom. The zero-order chi connectivity index (χ0) is 18.0. The van der Waals surface area contributed by atoms with E-state index >= 15 is 0 Å². The van der Waals surface area contributed by atoms with Gasteiger partial charge in [0.2, 0.25) is 5.91 Å². The predicted octanol–water partition coefficient (Wildman–Crippen LogP) is 4.32. The highest BCUT2D eigenvalue weighted by Crippen LogP contribution is 2.35. The third-order valence-electron chi connectivity index (χ3n) is 4.38. The molecule has 4 nitrogen and oxygen atoms in total. The maximum absolute atomic E-state index is 12.6. The van der Waals surface area contributed by atoms with E-state index in [0.29, 0.717) is 22.2 Å². The zero-order valence-electron chi connectivity index (χ0n) is 13.7. The second kappa shape index (κ2) is 7.77. The number of hydrogen-bond acceptors (Lipinski definition) is 3. The number of rotatable bonds is 4. The molecule has 2 amide bonds. The van der Waals surface area contributed by atoms with Gasteiger partial charge in [0.05, 0.1) is 22.6 Å². The van der Waals surface area contributed by atoms with Gasteiger partial charge in [0.15, 0.2) is 0 Å². The Kier molecular flexibility index (Phi) is 5.67. The fourth-order valence-electron chi connectivity index (χ4n) is 3.13. The lowest BCUT2D eigenvalue weighted by Crippen LogP contribution is -2.44. The summed E-state index contributed by atoms with van der Waals surface area (Å²) in [4.78, 5) is 28.1. The maximum atomic E-state index is 12.6. The van der Waals surface area contributed by atoms with E-state index < -0.39 is 0 Å². The summed E-state index contributed by atoms with van der Waals surface area (Å²) in [6, 6.07) is 6.83. The van der Waals surface area contributed by atoms with E-state index in [4.69, 9.17) is 23.2 Å². The highest BCUT2D eigenvalue weighted by molar-refractivity contribution is 7.10. The Labute approximate surface area is 160 Å². The molecular formula is C18H18Cl2N2O2S. The van der Waals surface area contributed by atoms with Crippen molar-refractivity contribution >= 4 is 46.4 Å². The van der Waals surface area contributed by atoms with Gasteiger partial charge in [-0.2, -0.15) is 0 Å². The molecule has 0 saturated heterocycles. The standard InChI is InChI=1S/C18H18Cl2N2O2S/c1-2-15-12-6-8-25-16(12)5-7-22(15)17(23)10-21-18(24)11-3-4-13(19)14(20)9-11/h3-4,6,8-9,15H,2,5,7,10H2,1H3,(H,21,24). The molecule has 7 heteroatoms. The first-order valence-electron chi connectivity index (χ1n) is 8.10. The normalized spacial score (nSPS) is 16.4. The van der Waals surface area contributed by atoms with Gasteiger partial charge in [0.1, 0.15) is 0 Å². The number of nitrogens with zero attached hydrogens (tertiary/aromatic N) is 1. The predicted molar refractivity (Wildman–Crippen MR) is 102 cm³/mol. The van der Waals surface area contributed by atoms with Crippen LogP contribution in [-0.4, -0.2) is 29.8 Å². The first-order valence-corrected chi connectivity index (χ1v) is 9.73. The molecule has 3 rings (SSSR count). The summed E-state index contributed by atoms with van der Waals surface area (Å²) < 4.78 is 0. The number of benzene rings is 1. The van der Waals surface area contributed by atoms with Gasteiger partial charge in [-0.1, -0.05) is 30.1 Å². The number of carbonyl (C=O) groups is 2. The smallest absolute Gasteiger partial charge is 0.251 e. The first kappa shape index (κ1) is 18.2. The summed E-state index contributed by atoms with van der Waals surface area (Å²) in [5, 5.41) is 5.45. The Morgan fingerprint density at radius 3 is 2.80 bits per heavy atom. The summed E-state index contributed by atoms with van der Waals surface area (Å²) in [6.07, 6.45) is 1.73. The van der Waals surface area contributed by atoms with Crippen LogP contribution < -0.4 is 5.32 Å². The molecule has 2 aromatic rings. The number of halogens is 2. The Morgan fingerprint density at radius 2 is 2.08 bits per heavy atom. The van der Waals surface area contributed by atoms with Crippen molar-refractivity contribution in [2.24, 2.45) is 0 Å². The van der Waals surface area contributed by atoms with E-state index in [0.717, 1.165) is 12.8 Å². The van der Waals surface area contributed by atoms with E-state index in [9.17, 15) is 9.59 Å². The third-order valence-corrected chi connectivity index (χ3v) is 6.12. The topological polar surface area (TPSA) is 49.4 Å². The first-order chi connectivity index (χ1) is 12.0. The van der Waals surface area contributed by atoms with Crippen LogP contribution in [-0.2, 0) is 11.2 Å². The van der Waals surface area contributed by atoms with Gasteiger partial charge in [-0.15, -0.1) is 11.3 Å². The van der Waals surface area contributed by atoms with Crippen LogP contribution in [0.15, 0.2) is 29.6 Å². The van der Waals surface area contributed by atoms with Crippen LogP contribution in [0, 0.1) is 0 Å². The van der Waals surface area contributed by atoms with Gasteiger partial charge in [-0.25, -0.2) is 0 Å². The number of fused-ring (bicyclic) bond motifs is 1. The molecule has 0 radical (unpaired) electrons. The quantitative estimate of drug-likeness (QED) is 0.836. The van der Waals surface area contributed by atoms with Crippen LogP contribution >= 0.6 is 34.5 Å². The molecule has 1 N–H and O–H groups in total. The number of carbonyl (C=O) groups excluding carboxylic acids is 2. The maximum Gasteiger partial charge on any atom is 0.251 e. The number of nitrogens with one attached hydrogen (secondary N) is 1. The fourth-order valence-corrected chi connectivity index (χ4v) is 4.36. The highest BCUT2D eigenvalue weighted by Gasteiger charge is 2.30. The summed E-state index contributed by atoms with van der Waals surface area (Å²) in [6.45, 7) is 2.73. The average molecular weight is 397 g/mol. The van der Waals surface area contributed by atoms with Crippen LogP contribution in [0.1, 0.15) is 40.2 Å². The molecule has 0 fully saturated rings. The molecule has 1 aliphatic heterocycles. The molecule has 0 saturated carbocycles. The van der Waals surface area contributed by atoms with E-state index in [1.165, 1.54) is 16.5 Å². The van der Waals surface area contributed by atoms with Crippen molar-refractivity contribution in [1.29, 1.82) is 0 Å². The highest BCUT2D eigenvalue weighted by atomic mass is 35.5. The lowest BCUT2D eigenvalue weighted by Gasteiger charge is -2.35. The Balaban J connectivity index is 1.64. The second-order valence-corrected chi connectivity index (χ2v) is 7.69. The van der Waals surface area contributed by atoms with Gasteiger partial charge in [0, 0.05) is 17.0 Å². The zero-order valence-corrected chi connectivity index (χ0v) is 16.0. The summed E-state index contributed by atoms with van der Waals surface area (Å²) in [7, 11) is 0. The fraction of sp³-hybridized carbons (Fsp3) is 0.333. The van der Waals surface area contributed by atoms with Crippen molar-refractivity contribution in [1.82, 2.24) is 10.2 Å². The molecule has 1 unspecified atom stereocenters. The summed E-state index contributed by atoms with van der Waals surface area (Å²) in [5.41, 5.74) is 1.62. The largest absolute Gasteiger partial charge is 0.343 e. The second-order valence-electron chi connectivity index (χ2n) is 5.87. The van der Waals surface area contributed by atoms with E-state index in [2.05, 4.69) is 23.7 Å². The molecule has 132 valence electrons. The van der Waals surface area contributed by atoms with Crippen LogP contribution in [0.4, 0.5) is 0 Å². The summed E-state index contributed by atoms with van der Waals surface area (Å²) >= 11 is 13.5. The molecule has 0 spiro atoms. The van der Waals surface area contributed by atoms with E-state index in [1.807, 2.05) is 4.90 Å². The van der Waals surface area contributed by atoms with Crippen LogP contribution in [0.2, 0.25) is 10.0 Å². The molecule has 0 aliphatic carbocycles. The average Bonchev–Trinajstić information content (AvgIpc) is 3.09. The van der Waals surface area contributed by atoms with Crippen molar-refractivity contribution in [3.63, 3.8) is 0 Å². The third kappa shape index (κ3) is 3.84. The molecular weight excluding hydrogens is 379 g/mol. The minimum absolute atomic E-state index is 0.0327. The number of amides is 2. The Bertz CT molecular complexity index is 806. The molecule has 25 heavy (non-hydrogen) atoms. The van der Waals surface area contributed by atoms with Crippen molar-refractivity contribution < 1.29 is 9.59 Å². The molecule has 0 bridgehead atoms. The minimum atomic E-state index is -0.340.